The molecule has 2 nitrogen and oxygen atoms in total. The van der Waals surface area contributed by atoms with Crippen LogP contribution in [-0.4, -0.2) is 19.6 Å². The molecule has 0 aromatic heterocycles. The Kier molecular flexibility index (Phi) is 4.23. The molecule has 1 fully saturated rings. The molecule has 1 atom stereocenters. The summed E-state index contributed by atoms with van der Waals surface area (Å²) in [5, 5.41) is 3.13. The van der Waals surface area contributed by atoms with E-state index >= 15 is 0 Å². The van der Waals surface area contributed by atoms with Gasteiger partial charge in [0.05, 0.1) is 5.69 Å². The number of anilines is 1. The predicted molar refractivity (Wildman–Crippen MR) is 74.4 cm³/mol. The van der Waals surface area contributed by atoms with Gasteiger partial charge in [-0.15, -0.1) is 0 Å². The molecule has 2 rings (SSSR count). The minimum Gasteiger partial charge on any atom is -0.366 e. The second-order valence-corrected chi connectivity index (χ2v) is 5.42. The fraction of sp³-hybridized carbons (Fsp3) is 0.600. The van der Waals surface area contributed by atoms with E-state index in [0.29, 0.717) is 18.5 Å². The first kappa shape index (κ1) is 13.3. The van der Waals surface area contributed by atoms with E-state index in [1.807, 2.05) is 13.1 Å². The van der Waals surface area contributed by atoms with Gasteiger partial charge in [0.25, 0.3) is 0 Å². The average molecular weight is 250 g/mol. The number of hydrogen-bond acceptors (Lipinski definition) is 2. The molecule has 1 aliphatic rings. The van der Waals surface area contributed by atoms with Crippen molar-refractivity contribution in [1.82, 2.24) is 5.32 Å². The smallest absolute Gasteiger partial charge is 0.146 e. The van der Waals surface area contributed by atoms with E-state index in [1.54, 1.807) is 12.1 Å². The first-order valence-corrected chi connectivity index (χ1v) is 6.83. The molecule has 1 saturated heterocycles. The highest BCUT2D eigenvalue weighted by molar-refractivity contribution is 5.56. The van der Waals surface area contributed by atoms with Gasteiger partial charge in [0.2, 0.25) is 0 Å². The van der Waals surface area contributed by atoms with E-state index in [2.05, 4.69) is 24.1 Å². The minimum absolute atomic E-state index is 0.0877. The molecule has 0 aliphatic carbocycles. The zero-order chi connectivity index (χ0) is 13.1. The Morgan fingerprint density at radius 2 is 2.22 bits per heavy atom. The van der Waals surface area contributed by atoms with E-state index < -0.39 is 0 Å². The third kappa shape index (κ3) is 2.51. The molecule has 0 amide bonds. The van der Waals surface area contributed by atoms with E-state index in [-0.39, 0.29) is 5.82 Å². The summed E-state index contributed by atoms with van der Waals surface area (Å²) in [6, 6.07) is 5.86. The number of hydrogen-bond donors (Lipinski definition) is 1. The second-order valence-electron chi connectivity index (χ2n) is 5.42. The molecule has 100 valence electrons. The summed E-state index contributed by atoms with van der Waals surface area (Å²) in [5.74, 6) is 0.477. The lowest BCUT2D eigenvalue weighted by atomic mass is 10.0. The molecule has 1 N–H and O–H groups in total. The van der Waals surface area contributed by atoms with Gasteiger partial charge in [-0.3, -0.25) is 0 Å². The molecular formula is C15H23FN2. The Labute approximate surface area is 109 Å². The molecule has 1 aromatic rings. The first-order chi connectivity index (χ1) is 8.65. The van der Waals surface area contributed by atoms with Gasteiger partial charge in [-0.25, -0.2) is 4.39 Å². The zero-order valence-electron chi connectivity index (χ0n) is 11.5. The van der Waals surface area contributed by atoms with Crippen molar-refractivity contribution in [3.8, 4) is 0 Å². The Morgan fingerprint density at radius 3 is 2.89 bits per heavy atom. The molecule has 3 heteroatoms. The van der Waals surface area contributed by atoms with E-state index in [1.165, 1.54) is 6.42 Å². The normalized spacial score (nSPS) is 19.8. The Morgan fingerprint density at radius 1 is 1.44 bits per heavy atom. The van der Waals surface area contributed by atoms with Gasteiger partial charge in [-0.1, -0.05) is 26.0 Å². The van der Waals surface area contributed by atoms with Crippen LogP contribution in [0.5, 0.6) is 0 Å². The molecule has 1 heterocycles. The summed E-state index contributed by atoms with van der Waals surface area (Å²) in [6.45, 7) is 6.14. The van der Waals surface area contributed by atoms with Crippen LogP contribution in [0.15, 0.2) is 18.2 Å². The standard InChI is InChI=1S/C15H23FN2/c1-11(2)14-8-5-9-18(14)15-12(10-17-3)6-4-7-13(15)16/h4,6-7,11,14,17H,5,8-10H2,1-3H3. The highest BCUT2D eigenvalue weighted by Crippen LogP contribution is 2.34. The van der Waals surface area contributed by atoms with Crippen molar-refractivity contribution < 1.29 is 4.39 Å². The lowest BCUT2D eigenvalue weighted by Crippen LogP contribution is -2.35. The third-order valence-electron chi connectivity index (χ3n) is 3.79. The fourth-order valence-electron chi connectivity index (χ4n) is 2.98. The van der Waals surface area contributed by atoms with Crippen molar-refractivity contribution in [1.29, 1.82) is 0 Å². The maximum Gasteiger partial charge on any atom is 0.146 e. The summed E-state index contributed by atoms with van der Waals surface area (Å²) >= 11 is 0. The van der Waals surface area contributed by atoms with Crippen LogP contribution in [0.25, 0.3) is 0 Å². The van der Waals surface area contributed by atoms with Gasteiger partial charge in [0, 0.05) is 19.1 Å². The lowest BCUT2D eigenvalue weighted by molar-refractivity contribution is 0.484. The van der Waals surface area contributed by atoms with Crippen LogP contribution in [0.2, 0.25) is 0 Å². The molecule has 0 bridgehead atoms. The Bertz CT molecular complexity index is 403. The maximum absolute atomic E-state index is 14.2. The van der Waals surface area contributed by atoms with Gasteiger partial charge in [-0.2, -0.15) is 0 Å². The summed E-state index contributed by atoms with van der Waals surface area (Å²) in [7, 11) is 1.90. The number of benzene rings is 1. The predicted octanol–water partition coefficient (Wildman–Crippen LogP) is 3.17. The van der Waals surface area contributed by atoms with Crippen LogP contribution in [-0.2, 0) is 6.54 Å². The van der Waals surface area contributed by atoms with Crippen molar-refractivity contribution in [2.45, 2.75) is 39.3 Å². The van der Waals surface area contributed by atoms with Crippen LogP contribution >= 0.6 is 0 Å². The first-order valence-electron chi connectivity index (χ1n) is 6.83. The van der Waals surface area contributed by atoms with Crippen LogP contribution < -0.4 is 10.2 Å². The van der Waals surface area contributed by atoms with Gasteiger partial charge in [0.1, 0.15) is 5.82 Å². The second kappa shape index (κ2) is 5.70. The SMILES string of the molecule is CNCc1cccc(F)c1N1CCCC1C(C)C. The molecule has 18 heavy (non-hydrogen) atoms. The summed E-state index contributed by atoms with van der Waals surface area (Å²) in [4.78, 5) is 2.27. The number of nitrogens with zero attached hydrogens (tertiary/aromatic N) is 1. The number of halogens is 1. The van der Waals surface area contributed by atoms with Crippen molar-refractivity contribution in [2.24, 2.45) is 5.92 Å². The van der Waals surface area contributed by atoms with Gasteiger partial charge < -0.3 is 10.2 Å². The number of nitrogens with one attached hydrogen (secondary N) is 1. The largest absolute Gasteiger partial charge is 0.366 e. The number of rotatable bonds is 4. The summed E-state index contributed by atoms with van der Waals surface area (Å²) in [5.41, 5.74) is 1.87. The molecular weight excluding hydrogens is 227 g/mol. The van der Waals surface area contributed by atoms with Crippen LogP contribution in [0.1, 0.15) is 32.3 Å². The quantitative estimate of drug-likeness (QED) is 0.883. The summed E-state index contributed by atoms with van der Waals surface area (Å²) < 4.78 is 14.2. The minimum atomic E-state index is -0.0877. The topological polar surface area (TPSA) is 15.3 Å². The lowest BCUT2D eigenvalue weighted by Gasteiger charge is -2.31. The number of para-hydroxylation sites is 1. The van der Waals surface area contributed by atoms with Crippen LogP contribution in [0, 0.1) is 11.7 Å². The zero-order valence-corrected chi connectivity index (χ0v) is 11.5. The van der Waals surface area contributed by atoms with Crippen LogP contribution in [0.3, 0.4) is 0 Å². The highest BCUT2D eigenvalue weighted by atomic mass is 19.1. The van der Waals surface area contributed by atoms with Gasteiger partial charge in [-0.05, 0) is 37.4 Å². The molecule has 1 aliphatic heterocycles. The molecule has 0 spiro atoms. The monoisotopic (exact) mass is 250 g/mol. The maximum atomic E-state index is 14.2. The van der Waals surface area contributed by atoms with Gasteiger partial charge in [0.15, 0.2) is 0 Å². The van der Waals surface area contributed by atoms with Crippen molar-refractivity contribution in [3.63, 3.8) is 0 Å². The van der Waals surface area contributed by atoms with E-state index in [9.17, 15) is 4.39 Å². The van der Waals surface area contributed by atoms with Crippen molar-refractivity contribution >= 4 is 5.69 Å². The van der Waals surface area contributed by atoms with Crippen LogP contribution in [0.4, 0.5) is 10.1 Å². The molecule has 0 saturated carbocycles. The highest BCUT2D eigenvalue weighted by Gasteiger charge is 2.30. The Hall–Kier alpha value is -1.09. The summed E-state index contributed by atoms with van der Waals surface area (Å²) in [6.07, 6.45) is 2.33. The fourth-order valence-corrected chi connectivity index (χ4v) is 2.98. The molecule has 0 radical (unpaired) electrons. The van der Waals surface area contributed by atoms with Gasteiger partial charge >= 0.3 is 0 Å². The van der Waals surface area contributed by atoms with Crippen molar-refractivity contribution in [2.75, 3.05) is 18.5 Å². The molecule has 1 aromatic carbocycles. The Balaban J connectivity index is 2.36. The van der Waals surface area contributed by atoms with Crippen molar-refractivity contribution in [3.05, 3.63) is 29.6 Å². The average Bonchev–Trinajstić information content (AvgIpc) is 2.78. The third-order valence-corrected chi connectivity index (χ3v) is 3.79. The molecule has 1 unspecified atom stereocenters. The van der Waals surface area contributed by atoms with E-state index in [0.717, 1.165) is 24.2 Å². The van der Waals surface area contributed by atoms with E-state index in [4.69, 9.17) is 0 Å².